The number of rotatable bonds is 4. The SMILES string of the molecule is COc1ccccc1N1CCN(c2nnc(-c3nnc(C)o3)c3ccccc23)CC1. The second kappa shape index (κ2) is 7.62. The molecule has 152 valence electrons. The van der Waals surface area contributed by atoms with Crippen molar-refractivity contribution in [3.05, 3.63) is 54.4 Å². The number of anilines is 2. The molecule has 8 nitrogen and oxygen atoms in total. The molecule has 0 aliphatic carbocycles. The van der Waals surface area contributed by atoms with E-state index in [1.54, 1.807) is 14.0 Å². The maximum Gasteiger partial charge on any atom is 0.268 e. The number of aromatic nitrogens is 4. The molecule has 0 unspecified atom stereocenters. The Morgan fingerprint density at radius 1 is 0.800 bits per heavy atom. The minimum absolute atomic E-state index is 0.392. The van der Waals surface area contributed by atoms with E-state index in [2.05, 4.69) is 42.3 Å². The van der Waals surface area contributed by atoms with Gasteiger partial charge in [-0.2, -0.15) is 0 Å². The van der Waals surface area contributed by atoms with E-state index in [1.807, 2.05) is 36.4 Å². The Labute approximate surface area is 174 Å². The number of benzene rings is 2. The Bertz CT molecular complexity index is 1180. The molecule has 1 aliphatic rings. The molecule has 3 heterocycles. The first-order valence-corrected chi connectivity index (χ1v) is 9.93. The minimum Gasteiger partial charge on any atom is -0.495 e. The van der Waals surface area contributed by atoms with E-state index in [0.717, 1.165) is 54.2 Å². The quantitative estimate of drug-likeness (QED) is 0.514. The third-order valence-electron chi connectivity index (χ3n) is 5.40. The first-order valence-electron chi connectivity index (χ1n) is 9.93. The van der Waals surface area contributed by atoms with Crippen molar-refractivity contribution in [2.45, 2.75) is 6.92 Å². The highest BCUT2D eigenvalue weighted by Crippen LogP contribution is 2.33. The lowest BCUT2D eigenvalue weighted by atomic mass is 10.1. The molecule has 2 aromatic carbocycles. The number of para-hydroxylation sites is 2. The molecule has 0 radical (unpaired) electrons. The molecular weight excluding hydrogens is 380 g/mol. The first kappa shape index (κ1) is 18.4. The van der Waals surface area contributed by atoms with Crippen LogP contribution in [0.2, 0.25) is 0 Å². The maximum atomic E-state index is 5.59. The summed E-state index contributed by atoms with van der Waals surface area (Å²) in [7, 11) is 1.71. The second-order valence-electron chi connectivity index (χ2n) is 7.19. The molecule has 1 saturated heterocycles. The van der Waals surface area contributed by atoms with Crippen molar-refractivity contribution in [3.63, 3.8) is 0 Å². The minimum atomic E-state index is 0.392. The van der Waals surface area contributed by atoms with Crippen LogP contribution >= 0.6 is 0 Å². The molecule has 0 atom stereocenters. The van der Waals surface area contributed by atoms with Gasteiger partial charge in [0.15, 0.2) is 11.5 Å². The maximum absolute atomic E-state index is 5.59. The monoisotopic (exact) mass is 402 g/mol. The van der Waals surface area contributed by atoms with Gasteiger partial charge in [-0.15, -0.1) is 20.4 Å². The van der Waals surface area contributed by atoms with Crippen LogP contribution in [0, 0.1) is 6.92 Å². The first-order chi connectivity index (χ1) is 14.7. The van der Waals surface area contributed by atoms with Gasteiger partial charge in [-0.1, -0.05) is 36.4 Å². The second-order valence-corrected chi connectivity index (χ2v) is 7.19. The van der Waals surface area contributed by atoms with Crippen molar-refractivity contribution < 1.29 is 9.15 Å². The number of fused-ring (bicyclic) bond motifs is 1. The summed E-state index contributed by atoms with van der Waals surface area (Å²) in [5.41, 5.74) is 1.74. The number of nitrogens with zero attached hydrogens (tertiary/aromatic N) is 6. The van der Waals surface area contributed by atoms with Crippen LogP contribution in [0.4, 0.5) is 11.5 Å². The van der Waals surface area contributed by atoms with Crippen LogP contribution in [-0.4, -0.2) is 53.7 Å². The summed E-state index contributed by atoms with van der Waals surface area (Å²) >= 11 is 0. The third-order valence-corrected chi connectivity index (χ3v) is 5.40. The summed E-state index contributed by atoms with van der Waals surface area (Å²) in [6, 6.07) is 16.2. The zero-order chi connectivity index (χ0) is 20.5. The molecule has 8 heteroatoms. The summed E-state index contributed by atoms with van der Waals surface area (Å²) < 4.78 is 11.1. The summed E-state index contributed by atoms with van der Waals surface area (Å²) in [5, 5.41) is 19.0. The normalized spacial score (nSPS) is 14.3. The molecule has 0 N–H and O–H groups in total. The van der Waals surface area contributed by atoms with E-state index >= 15 is 0 Å². The largest absolute Gasteiger partial charge is 0.495 e. The van der Waals surface area contributed by atoms with Gasteiger partial charge in [0.1, 0.15) is 5.75 Å². The molecule has 1 fully saturated rings. The van der Waals surface area contributed by atoms with Crippen LogP contribution in [0.25, 0.3) is 22.4 Å². The summed E-state index contributed by atoms with van der Waals surface area (Å²) in [5.74, 6) is 2.68. The van der Waals surface area contributed by atoms with Crippen molar-refractivity contribution in [1.29, 1.82) is 0 Å². The molecule has 0 bridgehead atoms. The fourth-order valence-electron chi connectivity index (χ4n) is 3.92. The lowest BCUT2D eigenvalue weighted by Crippen LogP contribution is -2.47. The van der Waals surface area contributed by atoms with Gasteiger partial charge in [0.25, 0.3) is 5.89 Å². The van der Waals surface area contributed by atoms with E-state index < -0.39 is 0 Å². The Balaban J connectivity index is 1.44. The fourth-order valence-corrected chi connectivity index (χ4v) is 3.92. The smallest absolute Gasteiger partial charge is 0.268 e. The number of hydrogen-bond donors (Lipinski definition) is 0. The zero-order valence-electron chi connectivity index (χ0n) is 16.9. The number of methoxy groups -OCH3 is 1. The van der Waals surface area contributed by atoms with Crippen LogP contribution in [0.3, 0.4) is 0 Å². The Hall–Kier alpha value is -3.68. The fraction of sp³-hybridized carbons (Fsp3) is 0.273. The number of hydrogen-bond acceptors (Lipinski definition) is 8. The molecule has 2 aromatic heterocycles. The standard InChI is InChI=1S/C22H22N6O2/c1-15-23-26-22(30-15)20-16-7-3-4-8-17(16)21(25-24-20)28-13-11-27(12-14-28)18-9-5-6-10-19(18)29-2/h3-10H,11-14H2,1-2H3. The average Bonchev–Trinajstić information content (AvgIpc) is 3.24. The van der Waals surface area contributed by atoms with E-state index in [0.29, 0.717) is 17.5 Å². The van der Waals surface area contributed by atoms with Crippen LogP contribution in [0.1, 0.15) is 5.89 Å². The molecule has 5 rings (SSSR count). The van der Waals surface area contributed by atoms with E-state index in [1.165, 1.54) is 0 Å². The summed E-state index contributed by atoms with van der Waals surface area (Å²) in [4.78, 5) is 4.63. The molecule has 30 heavy (non-hydrogen) atoms. The molecule has 0 saturated carbocycles. The Morgan fingerprint density at radius 2 is 1.50 bits per heavy atom. The van der Waals surface area contributed by atoms with Gasteiger partial charge in [-0.3, -0.25) is 0 Å². The van der Waals surface area contributed by atoms with Gasteiger partial charge >= 0.3 is 0 Å². The molecule has 0 spiro atoms. The number of ether oxygens (including phenoxy) is 1. The van der Waals surface area contributed by atoms with Crippen molar-refractivity contribution in [2.24, 2.45) is 0 Å². The van der Waals surface area contributed by atoms with Gasteiger partial charge in [0.05, 0.1) is 12.8 Å². The zero-order valence-corrected chi connectivity index (χ0v) is 16.9. The van der Waals surface area contributed by atoms with E-state index in [9.17, 15) is 0 Å². The topological polar surface area (TPSA) is 80.4 Å². The summed E-state index contributed by atoms with van der Waals surface area (Å²) in [6.45, 7) is 5.20. The highest BCUT2D eigenvalue weighted by atomic mass is 16.5. The van der Waals surface area contributed by atoms with Crippen LogP contribution < -0.4 is 14.5 Å². The number of piperazine rings is 1. The van der Waals surface area contributed by atoms with Gasteiger partial charge in [-0.25, -0.2) is 0 Å². The van der Waals surface area contributed by atoms with Gasteiger partial charge in [-0.05, 0) is 12.1 Å². The highest BCUT2D eigenvalue weighted by Gasteiger charge is 2.23. The van der Waals surface area contributed by atoms with E-state index in [4.69, 9.17) is 9.15 Å². The van der Waals surface area contributed by atoms with Crippen molar-refractivity contribution in [2.75, 3.05) is 43.1 Å². The molecule has 0 amide bonds. The molecule has 4 aromatic rings. The van der Waals surface area contributed by atoms with Crippen LogP contribution in [0.15, 0.2) is 52.9 Å². The third kappa shape index (κ3) is 3.20. The molecule has 1 aliphatic heterocycles. The predicted octanol–water partition coefficient (Wildman–Crippen LogP) is 3.32. The van der Waals surface area contributed by atoms with Gasteiger partial charge < -0.3 is 19.0 Å². The van der Waals surface area contributed by atoms with Crippen molar-refractivity contribution in [1.82, 2.24) is 20.4 Å². The van der Waals surface area contributed by atoms with E-state index in [-0.39, 0.29) is 0 Å². The highest BCUT2D eigenvalue weighted by molar-refractivity contribution is 5.99. The lowest BCUT2D eigenvalue weighted by Gasteiger charge is -2.37. The van der Waals surface area contributed by atoms with Crippen molar-refractivity contribution >= 4 is 22.3 Å². The average molecular weight is 402 g/mol. The van der Waals surface area contributed by atoms with Crippen LogP contribution in [-0.2, 0) is 0 Å². The lowest BCUT2D eigenvalue weighted by molar-refractivity contribution is 0.413. The van der Waals surface area contributed by atoms with Crippen LogP contribution in [0.5, 0.6) is 5.75 Å². The molecular formula is C22H22N6O2. The summed E-state index contributed by atoms with van der Waals surface area (Å²) in [6.07, 6.45) is 0. The van der Waals surface area contributed by atoms with Crippen molar-refractivity contribution in [3.8, 4) is 17.3 Å². The Kier molecular flexibility index (Phi) is 4.66. The van der Waals surface area contributed by atoms with Gasteiger partial charge in [0.2, 0.25) is 5.89 Å². The predicted molar refractivity (Wildman–Crippen MR) is 115 cm³/mol. The number of aryl methyl sites for hydroxylation is 1. The Morgan fingerprint density at radius 3 is 2.23 bits per heavy atom. The van der Waals surface area contributed by atoms with Gasteiger partial charge in [0, 0.05) is 43.9 Å².